The molecule has 1 aromatic rings. The Bertz CT molecular complexity index is 470. The van der Waals surface area contributed by atoms with E-state index in [0.717, 1.165) is 24.0 Å². The van der Waals surface area contributed by atoms with Crippen molar-refractivity contribution in [2.45, 2.75) is 33.1 Å². The summed E-state index contributed by atoms with van der Waals surface area (Å²) in [6.45, 7) is 5.87. The number of nitrogens with two attached hydrogens (primary N) is 1. The van der Waals surface area contributed by atoms with Crippen molar-refractivity contribution < 1.29 is 9.53 Å². The second kappa shape index (κ2) is 5.82. The zero-order valence-electron chi connectivity index (χ0n) is 11.9. The number of ketones is 1. The molecule has 1 aromatic heterocycles. The van der Waals surface area contributed by atoms with Crippen LogP contribution in [0.25, 0.3) is 0 Å². The number of nitrogens with zero attached hydrogens (tertiary/aromatic N) is 1. The minimum atomic E-state index is 0.00948. The number of carbonyl (C=O) groups is 1. The second-order valence-electron chi connectivity index (χ2n) is 5.26. The summed E-state index contributed by atoms with van der Waals surface area (Å²) in [5, 5.41) is 1.01. The van der Waals surface area contributed by atoms with Crippen molar-refractivity contribution >= 4 is 27.8 Å². The molecule has 4 nitrogen and oxygen atoms in total. The average molecular weight is 282 g/mol. The van der Waals surface area contributed by atoms with Gasteiger partial charge in [-0.3, -0.25) is 4.79 Å². The van der Waals surface area contributed by atoms with Crippen LogP contribution < -0.4 is 15.4 Å². The fourth-order valence-corrected chi connectivity index (χ4v) is 3.69. The van der Waals surface area contributed by atoms with Crippen LogP contribution in [0.2, 0.25) is 0 Å². The predicted molar refractivity (Wildman–Crippen MR) is 80.5 cm³/mol. The van der Waals surface area contributed by atoms with Gasteiger partial charge in [-0.1, -0.05) is 6.92 Å². The summed E-state index contributed by atoms with van der Waals surface area (Å²) in [7, 11) is 1.62. The Labute approximate surface area is 118 Å². The van der Waals surface area contributed by atoms with Crippen LogP contribution in [0.4, 0.5) is 10.7 Å². The van der Waals surface area contributed by atoms with Crippen molar-refractivity contribution in [3.63, 3.8) is 0 Å². The number of ether oxygens (including phenoxy) is 1. The molecule has 5 heteroatoms. The molecule has 0 amide bonds. The predicted octanol–water partition coefficient (Wildman–Crippen LogP) is 3.17. The van der Waals surface area contributed by atoms with Crippen LogP contribution in [-0.4, -0.2) is 26.0 Å². The smallest absolute Gasteiger partial charge is 0.177 e. The number of nitrogen functional groups attached to an aromatic ring is 1. The topological polar surface area (TPSA) is 55.6 Å². The molecule has 1 saturated heterocycles. The van der Waals surface area contributed by atoms with E-state index in [0.29, 0.717) is 16.3 Å². The van der Waals surface area contributed by atoms with Crippen LogP contribution in [0.1, 0.15) is 42.8 Å². The number of rotatable bonds is 3. The van der Waals surface area contributed by atoms with E-state index >= 15 is 0 Å². The maximum Gasteiger partial charge on any atom is 0.177 e. The van der Waals surface area contributed by atoms with Gasteiger partial charge in [-0.2, -0.15) is 0 Å². The molecule has 0 spiro atoms. The minimum absolute atomic E-state index is 0.00948. The summed E-state index contributed by atoms with van der Waals surface area (Å²) in [5.41, 5.74) is 6.52. The molecule has 0 aliphatic carbocycles. The van der Waals surface area contributed by atoms with Crippen molar-refractivity contribution in [1.29, 1.82) is 0 Å². The van der Waals surface area contributed by atoms with Gasteiger partial charge in [-0.05, 0) is 25.2 Å². The fourth-order valence-electron chi connectivity index (χ4n) is 2.55. The minimum Gasteiger partial charge on any atom is -0.492 e. The van der Waals surface area contributed by atoms with E-state index in [4.69, 9.17) is 10.5 Å². The third-order valence-corrected chi connectivity index (χ3v) is 5.06. The van der Waals surface area contributed by atoms with E-state index in [-0.39, 0.29) is 5.78 Å². The van der Waals surface area contributed by atoms with Gasteiger partial charge >= 0.3 is 0 Å². The largest absolute Gasteiger partial charge is 0.492 e. The summed E-state index contributed by atoms with van der Waals surface area (Å²) in [6, 6.07) is 0. The number of anilines is 2. The second-order valence-corrected chi connectivity index (χ2v) is 6.26. The summed E-state index contributed by atoms with van der Waals surface area (Å²) in [6.07, 6.45) is 3.62. The number of hydrogen-bond donors (Lipinski definition) is 1. The molecule has 1 atom stereocenters. The van der Waals surface area contributed by atoms with Gasteiger partial charge in [0.1, 0.15) is 5.00 Å². The van der Waals surface area contributed by atoms with Gasteiger partial charge in [0.05, 0.1) is 17.7 Å². The van der Waals surface area contributed by atoms with Gasteiger partial charge in [-0.15, -0.1) is 11.3 Å². The van der Waals surface area contributed by atoms with Crippen LogP contribution in [0.5, 0.6) is 5.75 Å². The average Bonchev–Trinajstić information content (AvgIpc) is 2.54. The maximum absolute atomic E-state index is 11.6. The van der Waals surface area contributed by atoms with Crippen molar-refractivity contribution in [2.24, 2.45) is 5.92 Å². The van der Waals surface area contributed by atoms with Crippen molar-refractivity contribution in [3.05, 3.63) is 4.88 Å². The summed E-state index contributed by atoms with van der Waals surface area (Å²) in [4.78, 5) is 14.5. The lowest BCUT2D eigenvalue weighted by Gasteiger charge is -2.21. The molecule has 2 heterocycles. The van der Waals surface area contributed by atoms with Crippen molar-refractivity contribution in [1.82, 2.24) is 0 Å². The molecule has 0 bridgehead atoms. The number of Topliss-reactive ketones (excluding diaryl/α,β-unsaturated/α-hetero) is 1. The quantitative estimate of drug-likeness (QED) is 0.865. The van der Waals surface area contributed by atoms with Gasteiger partial charge in [0.25, 0.3) is 0 Å². The Morgan fingerprint density at radius 2 is 2.16 bits per heavy atom. The van der Waals surface area contributed by atoms with Gasteiger partial charge < -0.3 is 15.4 Å². The molecule has 1 unspecified atom stereocenters. The van der Waals surface area contributed by atoms with Crippen molar-refractivity contribution in [2.75, 3.05) is 30.8 Å². The van der Waals surface area contributed by atoms with Crippen LogP contribution in [0, 0.1) is 5.92 Å². The lowest BCUT2D eigenvalue weighted by molar-refractivity contribution is 0.102. The molecule has 1 fully saturated rings. The number of hydrogen-bond acceptors (Lipinski definition) is 5. The molecule has 106 valence electrons. The molecule has 2 rings (SSSR count). The van der Waals surface area contributed by atoms with Gasteiger partial charge in [-0.25, -0.2) is 0 Å². The number of carbonyl (C=O) groups excluding carboxylic acids is 1. The summed E-state index contributed by atoms with van der Waals surface area (Å²) in [5.74, 6) is 1.44. The standard InChI is InChI=1S/C14H22N2O2S/c1-9-5-4-7-16(8-6-9)14-12(18-3)11(15)13(19-14)10(2)17/h9H,4-8,15H2,1-3H3. The van der Waals surface area contributed by atoms with Crippen LogP contribution >= 0.6 is 11.3 Å². The van der Waals surface area contributed by atoms with E-state index in [1.807, 2.05) is 0 Å². The molecule has 0 aromatic carbocycles. The van der Waals surface area contributed by atoms with E-state index in [9.17, 15) is 4.79 Å². The Morgan fingerprint density at radius 1 is 1.42 bits per heavy atom. The Morgan fingerprint density at radius 3 is 2.79 bits per heavy atom. The molecule has 1 aliphatic heterocycles. The monoisotopic (exact) mass is 282 g/mol. The van der Waals surface area contributed by atoms with E-state index < -0.39 is 0 Å². The zero-order chi connectivity index (χ0) is 14.0. The highest BCUT2D eigenvalue weighted by atomic mass is 32.1. The van der Waals surface area contributed by atoms with Gasteiger partial charge in [0.2, 0.25) is 0 Å². The van der Waals surface area contributed by atoms with Crippen LogP contribution in [0.15, 0.2) is 0 Å². The third kappa shape index (κ3) is 2.86. The first-order chi connectivity index (χ1) is 9.04. The third-order valence-electron chi connectivity index (χ3n) is 3.71. The van der Waals surface area contributed by atoms with Gasteiger partial charge in [0, 0.05) is 20.0 Å². The summed E-state index contributed by atoms with van der Waals surface area (Å²) >= 11 is 1.46. The lowest BCUT2D eigenvalue weighted by atomic mass is 10.0. The summed E-state index contributed by atoms with van der Waals surface area (Å²) < 4.78 is 5.42. The van der Waals surface area contributed by atoms with E-state index in [1.54, 1.807) is 14.0 Å². The lowest BCUT2D eigenvalue weighted by Crippen LogP contribution is -2.23. The SMILES string of the molecule is COc1c(N2CCCC(C)CC2)sc(C(C)=O)c1N. The Hall–Kier alpha value is -1.23. The highest BCUT2D eigenvalue weighted by Gasteiger charge is 2.24. The molecule has 0 saturated carbocycles. The Kier molecular flexibility index (Phi) is 4.34. The molecule has 0 radical (unpaired) electrons. The highest BCUT2D eigenvalue weighted by Crippen LogP contribution is 2.45. The fraction of sp³-hybridized carbons (Fsp3) is 0.643. The highest BCUT2D eigenvalue weighted by molar-refractivity contribution is 7.19. The normalized spacial score (nSPS) is 20.2. The molecule has 1 aliphatic rings. The van der Waals surface area contributed by atoms with E-state index in [1.165, 1.54) is 30.6 Å². The van der Waals surface area contributed by atoms with Gasteiger partial charge in [0.15, 0.2) is 11.5 Å². The van der Waals surface area contributed by atoms with Crippen LogP contribution in [0.3, 0.4) is 0 Å². The van der Waals surface area contributed by atoms with Crippen molar-refractivity contribution in [3.8, 4) is 5.75 Å². The Balaban J connectivity index is 2.32. The van der Waals surface area contributed by atoms with E-state index in [2.05, 4.69) is 11.8 Å². The molecule has 19 heavy (non-hydrogen) atoms. The first-order valence-corrected chi connectivity index (χ1v) is 7.58. The number of thiophene rings is 1. The number of methoxy groups -OCH3 is 1. The first kappa shape index (κ1) is 14.2. The maximum atomic E-state index is 11.6. The first-order valence-electron chi connectivity index (χ1n) is 6.76. The zero-order valence-corrected chi connectivity index (χ0v) is 12.7. The molecular weight excluding hydrogens is 260 g/mol. The van der Waals surface area contributed by atoms with Crippen LogP contribution in [-0.2, 0) is 0 Å². The molecular formula is C14H22N2O2S. The molecule has 2 N–H and O–H groups in total.